The molecule has 102 valence electrons. The zero-order chi connectivity index (χ0) is 13.7. The predicted molar refractivity (Wildman–Crippen MR) is 74.1 cm³/mol. The molecule has 0 aliphatic rings. The highest BCUT2D eigenvalue weighted by Gasteiger charge is 2.12. The number of nitrogens with one attached hydrogen (secondary N) is 1. The highest BCUT2D eigenvalue weighted by Crippen LogP contribution is 2.20. The van der Waals surface area contributed by atoms with Crippen molar-refractivity contribution in [2.45, 2.75) is 19.4 Å². The van der Waals surface area contributed by atoms with Gasteiger partial charge in [0, 0.05) is 25.7 Å². The molecule has 1 unspecified atom stereocenters. The summed E-state index contributed by atoms with van der Waals surface area (Å²) in [6, 6.07) is 8.40. The van der Waals surface area contributed by atoms with Crippen molar-refractivity contribution in [3.63, 3.8) is 0 Å². The van der Waals surface area contributed by atoms with Crippen LogP contribution in [0.1, 0.15) is 24.2 Å². The van der Waals surface area contributed by atoms with Gasteiger partial charge in [0.25, 0.3) is 0 Å². The van der Waals surface area contributed by atoms with Crippen molar-refractivity contribution in [3.05, 3.63) is 41.7 Å². The summed E-state index contributed by atoms with van der Waals surface area (Å²) in [7, 11) is 3.83. The fourth-order valence-electron chi connectivity index (χ4n) is 2.05. The second-order valence-electron chi connectivity index (χ2n) is 4.43. The molecule has 0 saturated carbocycles. The van der Waals surface area contributed by atoms with E-state index in [1.165, 1.54) is 5.56 Å². The summed E-state index contributed by atoms with van der Waals surface area (Å²) in [5, 5.41) is 11.4. The maximum atomic E-state index is 5.45. The highest BCUT2D eigenvalue weighted by atomic mass is 16.5. The molecule has 19 heavy (non-hydrogen) atoms. The number of aromatic nitrogens is 3. The van der Waals surface area contributed by atoms with Crippen molar-refractivity contribution in [2.24, 2.45) is 7.05 Å². The fourth-order valence-corrected chi connectivity index (χ4v) is 2.05. The van der Waals surface area contributed by atoms with E-state index in [0.29, 0.717) is 6.61 Å². The number of likely N-dealkylation sites (N-methyl/N-ethyl adjacent to an activating group) is 1. The number of hydrogen-bond donors (Lipinski definition) is 1. The summed E-state index contributed by atoms with van der Waals surface area (Å²) >= 11 is 0. The van der Waals surface area contributed by atoms with Crippen LogP contribution in [0, 0.1) is 0 Å². The third kappa shape index (κ3) is 3.54. The molecular formula is C14H20N4O. The highest BCUT2D eigenvalue weighted by molar-refractivity contribution is 5.29. The molecule has 1 heterocycles. The normalized spacial score (nSPS) is 12.4. The first-order chi connectivity index (χ1) is 9.22. The van der Waals surface area contributed by atoms with E-state index in [1.807, 2.05) is 39.3 Å². The average molecular weight is 260 g/mol. The van der Waals surface area contributed by atoms with E-state index in [9.17, 15) is 0 Å². The first-order valence-electron chi connectivity index (χ1n) is 6.48. The van der Waals surface area contributed by atoms with Crippen LogP contribution in [-0.2, 0) is 13.5 Å². The van der Waals surface area contributed by atoms with Crippen molar-refractivity contribution in [1.82, 2.24) is 20.3 Å². The molecule has 1 aromatic carbocycles. The minimum atomic E-state index is 0.229. The molecule has 0 bridgehead atoms. The predicted octanol–water partition coefficient (Wildman–Crippen LogP) is 1.72. The summed E-state index contributed by atoms with van der Waals surface area (Å²) in [6.45, 7) is 2.67. The molecule has 1 atom stereocenters. The van der Waals surface area contributed by atoms with E-state index in [-0.39, 0.29) is 6.04 Å². The van der Waals surface area contributed by atoms with Crippen LogP contribution in [0.25, 0.3) is 0 Å². The maximum Gasteiger partial charge on any atom is 0.119 e. The monoisotopic (exact) mass is 260 g/mol. The van der Waals surface area contributed by atoms with Gasteiger partial charge in [0.2, 0.25) is 0 Å². The van der Waals surface area contributed by atoms with Crippen molar-refractivity contribution in [3.8, 4) is 5.75 Å². The summed E-state index contributed by atoms with van der Waals surface area (Å²) in [5.41, 5.74) is 2.20. The standard InChI is InChI=1S/C14H20N4O/c1-4-19-13-7-5-11(6-8-13)14(15-2)9-12-10-18(3)17-16-12/h5-8,10,14-15H,4,9H2,1-3H3. The SMILES string of the molecule is CCOc1ccc(C(Cc2cn(C)nn2)NC)cc1. The molecule has 0 aliphatic carbocycles. The Bertz CT molecular complexity index is 506. The number of benzene rings is 1. The smallest absolute Gasteiger partial charge is 0.119 e. The van der Waals surface area contributed by atoms with Gasteiger partial charge in [-0.05, 0) is 31.7 Å². The maximum absolute atomic E-state index is 5.45. The number of hydrogen-bond acceptors (Lipinski definition) is 4. The summed E-state index contributed by atoms with van der Waals surface area (Å²) in [4.78, 5) is 0. The average Bonchev–Trinajstić information content (AvgIpc) is 2.83. The van der Waals surface area contributed by atoms with Crippen LogP contribution < -0.4 is 10.1 Å². The Morgan fingerprint density at radius 1 is 1.32 bits per heavy atom. The molecular weight excluding hydrogens is 240 g/mol. The topological polar surface area (TPSA) is 52.0 Å². The molecule has 0 saturated heterocycles. The first kappa shape index (κ1) is 13.5. The van der Waals surface area contributed by atoms with Gasteiger partial charge in [0.1, 0.15) is 5.75 Å². The number of nitrogens with zero attached hydrogens (tertiary/aromatic N) is 3. The van der Waals surface area contributed by atoms with Crippen molar-refractivity contribution in [2.75, 3.05) is 13.7 Å². The van der Waals surface area contributed by atoms with Gasteiger partial charge in [-0.25, -0.2) is 0 Å². The molecule has 0 fully saturated rings. The Balaban J connectivity index is 2.08. The van der Waals surface area contributed by atoms with Gasteiger partial charge in [-0.2, -0.15) is 0 Å². The van der Waals surface area contributed by atoms with Crippen LogP contribution in [0.3, 0.4) is 0 Å². The Kier molecular flexibility index (Phi) is 4.52. The van der Waals surface area contributed by atoms with E-state index >= 15 is 0 Å². The van der Waals surface area contributed by atoms with Gasteiger partial charge >= 0.3 is 0 Å². The van der Waals surface area contributed by atoms with Gasteiger partial charge in [-0.15, -0.1) is 5.10 Å². The minimum Gasteiger partial charge on any atom is -0.494 e. The molecule has 0 amide bonds. The number of ether oxygens (including phenoxy) is 1. The van der Waals surface area contributed by atoms with Gasteiger partial charge < -0.3 is 10.1 Å². The van der Waals surface area contributed by atoms with Crippen LogP contribution in [-0.4, -0.2) is 28.6 Å². The molecule has 2 rings (SSSR count). The fraction of sp³-hybridized carbons (Fsp3) is 0.429. The lowest BCUT2D eigenvalue weighted by molar-refractivity contribution is 0.340. The van der Waals surface area contributed by atoms with Crippen molar-refractivity contribution < 1.29 is 4.74 Å². The Hall–Kier alpha value is -1.88. The zero-order valence-corrected chi connectivity index (χ0v) is 11.6. The summed E-state index contributed by atoms with van der Waals surface area (Å²) < 4.78 is 7.17. The minimum absolute atomic E-state index is 0.229. The van der Waals surface area contributed by atoms with Crippen LogP contribution in [0.5, 0.6) is 5.75 Å². The second kappa shape index (κ2) is 6.33. The Morgan fingerprint density at radius 3 is 2.58 bits per heavy atom. The number of rotatable bonds is 6. The summed E-state index contributed by atoms with van der Waals surface area (Å²) in [6.07, 6.45) is 2.76. The lowest BCUT2D eigenvalue weighted by atomic mass is 10.0. The summed E-state index contributed by atoms with van der Waals surface area (Å²) in [5.74, 6) is 0.903. The molecule has 0 aliphatic heterocycles. The molecule has 0 spiro atoms. The van der Waals surface area contributed by atoms with E-state index in [0.717, 1.165) is 17.9 Å². The van der Waals surface area contributed by atoms with Crippen molar-refractivity contribution in [1.29, 1.82) is 0 Å². The number of aryl methyl sites for hydroxylation is 1. The van der Waals surface area contributed by atoms with Crippen molar-refractivity contribution >= 4 is 0 Å². The van der Waals surface area contributed by atoms with Gasteiger partial charge in [0.15, 0.2) is 0 Å². The van der Waals surface area contributed by atoms with Crippen LogP contribution >= 0.6 is 0 Å². The molecule has 2 aromatic rings. The zero-order valence-electron chi connectivity index (χ0n) is 11.6. The molecule has 1 aromatic heterocycles. The van der Waals surface area contributed by atoms with Gasteiger partial charge in [0.05, 0.1) is 12.3 Å². The molecule has 0 radical (unpaired) electrons. The largest absolute Gasteiger partial charge is 0.494 e. The van der Waals surface area contributed by atoms with E-state index < -0.39 is 0 Å². The van der Waals surface area contributed by atoms with E-state index in [2.05, 4.69) is 27.8 Å². The quantitative estimate of drug-likeness (QED) is 0.859. The second-order valence-corrected chi connectivity index (χ2v) is 4.43. The lowest BCUT2D eigenvalue weighted by Gasteiger charge is -2.15. The van der Waals surface area contributed by atoms with Crippen LogP contribution in [0.4, 0.5) is 0 Å². The molecule has 1 N–H and O–H groups in total. The van der Waals surface area contributed by atoms with Crippen LogP contribution in [0.2, 0.25) is 0 Å². The molecule has 5 nitrogen and oxygen atoms in total. The third-order valence-electron chi connectivity index (χ3n) is 3.01. The lowest BCUT2D eigenvalue weighted by Crippen LogP contribution is -2.19. The first-order valence-corrected chi connectivity index (χ1v) is 6.48. The Labute approximate surface area is 113 Å². The van der Waals surface area contributed by atoms with Gasteiger partial charge in [-0.1, -0.05) is 17.3 Å². The Morgan fingerprint density at radius 2 is 2.05 bits per heavy atom. The van der Waals surface area contributed by atoms with E-state index in [1.54, 1.807) is 4.68 Å². The third-order valence-corrected chi connectivity index (χ3v) is 3.01. The van der Waals surface area contributed by atoms with Crippen LogP contribution in [0.15, 0.2) is 30.5 Å². The van der Waals surface area contributed by atoms with E-state index in [4.69, 9.17) is 4.74 Å². The molecule has 5 heteroatoms. The van der Waals surface area contributed by atoms with Gasteiger partial charge in [-0.3, -0.25) is 4.68 Å².